The fraction of sp³-hybridized carbons (Fsp3) is 0.341. The molecule has 19 heteroatoms. The van der Waals surface area contributed by atoms with Gasteiger partial charge in [-0.3, -0.25) is 14.6 Å². The first-order chi connectivity index (χ1) is 28.3. The number of carbonyl (C=O) groups is 4. The number of pyridine rings is 1. The molecule has 314 valence electrons. The van der Waals surface area contributed by atoms with Crippen LogP contribution in [0.25, 0.3) is 11.3 Å². The Morgan fingerprint density at radius 2 is 1.82 bits per heavy atom. The molecule has 16 nitrogen and oxygen atoms in total. The summed E-state index contributed by atoms with van der Waals surface area (Å²) in [6.07, 6.45) is 1.80. The molecular weight excluding hydrogens is 805 g/mol. The fourth-order valence-electron chi connectivity index (χ4n) is 5.83. The van der Waals surface area contributed by atoms with E-state index in [2.05, 4.69) is 16.2 Å². The van der Waals surface area contributed by atoms with Crippen LogP contribution in [0, 0.1) is 23.0 Å². The van der Waals surface area contributed by atoms with Gasteiger partial charge in [0.05, 0.1) is 40.6 Å². The van der Waals surface area contributed by atoms with Crippen LogP contribution in [0.5, 0.6) is 5.75 Å². The Hall–Kier alpha value is -6.65. The van der Waals surface area contributed by atoms with E-state index in [1.165, 1.54) is 52.6 Å². The van der Waals surface area contributed by atoms with Crippen molar-refractivity contribution in [1.29, 1.82) is 5.26 Å². The van der Waals surface area contributed by atoms with Gasteiger partial charge in [0.1, 0.15) is 54.3 Å². The van der Waals surface area contributed by atoms with E-state index in [4.69, 9.17) is 24.5 Å². The van der Waals surface area contributed by atoms with Crippen LogP contribution in [0.4, 0.5) is 13.6 Å². The lowest BCUT2D eigenvalue weighted by molar-refractivity contribution is -0.750. The second kappa shape index (κ2) is 18.5. The van der Waals surface area contributed by atoms with E-state index in [1.807, 2.05) is 0 Å². The quantitative estimate of drug-likeness (QED) is 0.0849. The minimum Gasteiger partial charge on any atom is -0.542 e. The van der Waals surface area contributed by atoms with E-state index in [0.717, 1.165) is 28.7 Å². The minimum atomic E-state index is -2.09. The molecule has 1 N–H and O–H groups in total. The summed E-state index contributed by atoms with van der Waals surface area (Å²) < 4.78 is 49.5. The number of thiazole rings is 1. The number of amides is 1. The summed E-state index contributed by atoms with van der Waals surface area (Å²) in [6, 6.07) is 13.0. The zero-order valence-electron chi connectivity index (χ0n) is 33.4. The minimum absolute atomic E-state index is 0.0276. The first kappa shape index (κ1) is 44.5. The maximum absolute atomic E-state index is 15.4. The Bertz CT molecular complexity index is 2430. The number of Topliss-reactive ketones (excluding diaryl/α,β-unsaturated/α-hetero) is 1. The molecule has 1 amide bonds. The highest BCUT2D eigenvalue weighted by atomic mass is 32.1. The topological polar surface area (TPSA) is 214 Å². The van der Waals surface area contributed by atoms with Crippen molar-refractivity contribution >= 4 is 35.2 Å². The summed E-state index contributed by atoms with van der Waals surface area (Å²) >= 11 is 1.22. The number of esters is 1. The average Bonchev–Trinajstić information content (AvgIpc) is 3.88. The standard InChI is InChI=1S/C41H41F2N7O9S/c1-24(37-47-34(20-60-37)27-9-7-26(16-44)8-10-27)41(56,31-14-29(42)11-12-32(31)43)21-50-23-49(22-46-50)25(2)58-30-13-28(33(45-17-30)15-35(51)38(53)54)19-57-36(52)18-48(6)39(55)59-40(3,4)5/h7-14,17,20,22-25,56H,15,18-19,21H2,1-6H3/t24-,25?,41+/m0/s1. The van der Waals surface area contributed by atoms with Crippen LogP contribution in [0.1, 0.15) is 74.2 Å². The van der Waals surface area contributed by atoms with Crippen molar-refractivity contribution in [2.45, 2.75) is 77.5 Å². The molecule has 3 atom stereocenters. The third kappa shape index (κ3) is 11.1. The summed E-state index contributed by atoms with van der Waals surface area (Å²) in [5.74, 6) is -6.43. The third-order valence-electron chi connectivity index (χ3n) is 9.09. The van der Waals surface area contributed by atoms with Gasteiger partial charge in [0.2, 0.25) is 12.6 Å². The number of ether oxygens (including phenoxy) is 3. The second-order valence-electron chi connectivity index (χ2n) is 14.8. The number of carboxylic acid groups (broad SMARTS) is 1. The van der Waals surface area contributed by atoms with Gasteiger partial charge in [0.25, 0.3) is 6.33 Å². The largest absolute Gasteiger partial charge is 0.542 e. The van der Waals surface area contributed by atoms with E-state index in [0.29, 0.717) is 16.3 Å². The van der Waals surface area contributed by atoms with E-state index in [-0.39, 0.29) is 29.1 Å². The second-order valence-corrected chi connectivity index (χ2v) is 15.7. The van der Waals surface area contributed by atoms with Crippen molar-refractivity contribution in [1.82, 2.24) is 24.6 Å². The highest BCUT2D eigenvalue weighted by Crippen LogP contribution is 2.41. The number of aromatic nitrogens is 5. The van der Waals surface area contributed by atoms with E-state index < -0.39 is 78.4 Å². The maximum Gasteiger partial charge on any atom is 0.410 e. The molecule has 0 aliphatic rings. The van der Waals surface area contributed by atoms with Crippen LogP contribution in [0.15, 0.2) is 72.8 Å². The van der Waals surface area contributed by atoms with Crippen molar-refractivity contribution in [2.24, 2.45) is 0 Å². The molecule has 0 radical (unpaired) electrons. The van der Waals surface area contributed by atoms with Crippen LogP contribution >= 0.6 is 11.3 Å². The summed E-state index contributed by atoms with van der Waals surface area (Å²) in [4.78, 5) is 58.0. The van der Waals surface area contributed by atoms with E-state index >= 15 is 4.39 Å². The highest BCUT2D eigenvalue weighted by Gasteiger charge is 2.43. The van der Waals surface area contributed by atoms with Crippen LogP contribution in [-0.4, -0.2) is 72.8 Å². The molecule has 0 bridgehead atoms. The zero-order valence-corrected chi connectivity index (χ0v) is 34.2. The van der Waals surface area contributed by atoms with Gasteiger partial charge in [-0.25, -0.2) is 18.6 Å². The maximum atomic E-state index is 15.4. The Kier molecular flexibility index (Phi) is 13.7. The van der Waals surface area contributed by atoms with Gasteiger partial charge in [0.15, 0.2) is 5.78 Å². The predicted molar refractivity (Wildman–Crippen MR) is 205 cm³/mol. The lowest BCUT2D eigenvalue weighted by Crippen LogP contribution is -2.41. The number of carbonyl (C=O) groups excluding carboxylic acids is 4. The lowest BCUT2D eigenvalue weighted by atomic mass is 9.82. The number of likely N-dealkylation sites (N-methyl/N-ethyl adjacent to an activating group) is 1. The number of halogens is 2. The van der Waals surface area contributed by atoms with Gasteiger partial charge in [-0.15, -0.1) is 16.0 Å². The van der Waals surface area contributed by atoms with Crippen LogP contribution in [0.2, 0.25) is 0 Å². The fourth-order valence-corrected chi connectivity index (χ4v) is 6.80. The number of aliphatic carboxylic acids is 1. The number of ketones is 1. The smallest absolute Gasteiger partial charge is 0.410 e. The molecule has 3 heterocycles. The summed E-state index contributed by atoms with van der Waals surface area (Å²) in [5, 5.41) is 39.2. The molecule has 3 aromatic heterocycles. The van der Waals surface area contributed by atoms with Gasteiger partial charge in [-0.2, -0.15) is 9.83 Å². The van der Waals surface area contributed by atoms with E-state index in [1.54, 1.807) is 64.3 Å². The lowest BCUT2D eigenvalue weighted by Gasteiger charge is -2.32. The van der Waals surface area contributed by atoms with Gasteiger partial charge >= 0.3 is 12.1 Å². The first-order valence-corrected chi connectivity index (χ1v) is 19.2. The number of hydrogen-bond acceptors (Lipinski definition) is 14. The molecule has 0 aliphatic carbocycles. The Morgan fingerprint density at radius 3 is 2.48 bits per heavy atom. The summed E-state index contributed by atoms with van der Waals surface area (Å²) in [6.45, 7) is 6.96. The van der Waals surface area contributed by atoms with Crippen molar-refractivity contribution in [3.8, 4) is 23.1 Å². The molecule has 0 aliphatic heterocycles. The van der Waals surface area contributed by atoms with Crippen molar-refractivity contribution in [3.63, 3.8) is 0 Å². The van der Waals surface area contributed by atoms with Crippen molar-refractivity contribution in [3.05, 3.63) is 112 Å². The zero-order chi connectivity index (χ0) is 43.9. The molecular formula is C41H41F2N7O9S. The van der Waals surface area contributed by atoms with Crippen LogP contribution in [-0.2, 0) is 49.0 Å². The first-order valence-electron chi connectivity index (χ1n) is 18.3. The van der Waals surface area contributed by atoms with Crippen LogP contribution in [0.3, 0.4) is 0 Å². The van der Waals surface area contributed by atoms with Gasteiger partial charge < -0.3 is 34.1 Å². The summed E-state index contributed by atoms with van der Waals surface area (Å²) in [5.41, 5.74) is -1.35. The average molecular weight is 846 g/mol. The van der Waals surface area contributed by atoms with Gasteiger partial charge in [0, 0.05) is 47.1 Å². The van der Waals surface area contributed by atoms with Crippen LogP contribution < -0.4 is 14.4 Å². The monoisotopic (exact) mass is 845 g/mol. The number of nitriles is 1. The molecule has 0 fully saturated rings. The number of benzene rings is 2. The number of hydrogen-bond donors (Lipinski definition) is 1. The number of carboxylic acids is 1. The van der Waals surface area contributed by atoms with Gasteiger partial charge in [-0.1, -0.05) is 19.1 Å². The number of rotatable bonds is 16. The molecule has 0 saturated carbocycles. The summed E-state index contributed by atoms with van der Waals surface area (Å²) in [7, 11) is 1.34. The third-order valence-corrected chi connectivity index (χ3v) is 10.1. The molecule has 1 unspecified atom stereocenters. The normalized spacial score (nSPS) is 13.3. The SMILES string of the molecule is CC(Oc1cnc(CC(=O)C(=O)[O-])c(COC(=O)CN(C)C(=O)OC(C)(C)C)c1)[n+]1cnn(C[C@](O)(c2cc(F)ccc2F)[C@@H](C)c2nc(-c3ccc(C#N)cc3)cs2)c1. The Balaban J connectivity index is 1.35. The number of aliphatic hydroxyl groups is 1. The predicted octanol–water partition coefficient (Wildman–Crippen LogP) is 3.90. The molecule has 0 saturated heterocycles. The Morgan fingerprint density at radius 1 is 1.10 bits per heavy atom. The van der Waals surface area contributed by atoms with E-state index in [9.17, 15) is 33.8 Å². The molecule has 60 heavy (non-hydrogen) atoms. The van der Waals surface area contributed by atoms with Crippen molar-refractivity contribution in [2.75, 3.05) is 13.6 Å². The Labute approximate surface area is 347 Å². The number of nitrogens with zero attached hydrogens (tertiary/aromatic N) is 7. The molecule has 5 rings (SSSR count). The van der Waals surface area contributed by atoms with Crippen molar-refractivity contribution < 1.29 is 56.9 Å². The molecule has 0 spiro atoms. The van der Waals surface area contributed by atoms with Gasteiger partial charge in [-0.05, 0) is 57.2 Å². The molecule has 5 aromatic rings. The highest BCUT2D eigenvalue weighted by molar-refractivity contribution is 7.10. The molecule has 2 aromatic carbocycles.